The summed E-state index contributed by atoms with van der Waals surface area (Å²) in [5, 5.41) is 17.6. The summed E-state index contributed by atoms with van der Waals surface area (Å²) >= 11 is 0. The molecule has 6 nitrogen and oxygen atoms in total. The van der Waals surface area contributed by atoms with Crippen LogP contribution >= 0.6 is 0 Å². The number of fused-ring (bicyclic) bond motifs is 3. The summed E-state index contributed by atoms with van der Waals surface area (Å²) in [7, 11) is 0. The minimum absolute atomic E-state index is 0.624. The lowest BCUT2D eigenvalue weighted by molar-refractivity contribution is 0.573. The Morgan fingerprint density at radius 1 is 1.15 bits per heavy atom. The molecule has 0 amide bonds. The van der Waals surface area contributed by atoms with Crippen molar-refractivity contribution < 1.29 is 0 Å². The van der Waals surface area contributed by atoms with E-state index in [1.165, 1.54) is 5.69 Å². The molecule has 6 heteroatoms. The van der Waals surface area contributed by atoms with Gasteiger partial charge in [-0.3, -0.25) is 9.08 Å². The Bertz CT molecular complexity index is 1180. The van der Waals surface area contributed by atoms with Crippen LogP contribution in [0.5, 0.6) is 0 Å². The zero-order chi connectivity index (χ0) is 19.0. The molecule has 136 valence electrons. The number of hydrogen-bond donors (Lipinski definition) is 1. The lowest BCUT2D eigenvalue weighted by atomic mass is 10.1. The van der Waals surface area contributed by atoms with Gasteiger partial charge >= 0.3 is 0 Å². The third-order valence-corrected chi connectivity index (χ3v) is 4.84. The van der Waals surface area contributed by atoms with Gasteiger partial charge in [-0.05, 0) is 57.0 Å². The van der Waals surface area contributed by atoms with Crippen molar-refractivity contribution in [3.63, 3.8) is 0 Å². The molecular formula is C21H22N6. The molecule has 4 aromatic rings. The first-order valence-electron chi connectivity index (χ1n) is 9.14. The number of hydrogen-bond acceptors (Lipinski definition) is 4. The number of nitriles is 1. The predicted molar refractivity (Wildman–Crippen MR) is 107 cm³/mol. The van der Waals surface area contributed by atoms with Crippen LogP contribution in [0.4, 0.5) is 5.82 Å². The Kier molecular flexibility index (Phi) is 4.28. The number of nitrogens with zero attached hydrogens (tertiary/aromatic N) is 5. The van der Waals surface area contributed by atoms with Crippen LogP contribution in [0.15, 0.2) is 36.4 Å². The van der Waals surface area contributed by atoms with E-state index in [2.05, 4.69) is 34.5 Å². The van der Waals surface area contributed by atoms with Gasteiger partial charge in [0.25, 0.3) is 0 Å². The lowest BCUT2D eigenvalue weighted by Crippen LogP contribution is -2.11. The maximum atomic E-state index is 9.57. The number of aryl methyl sites for hydroxylation is 4. The summed E-state index contributed by atoms with van der Waals surface area (Å²) in [4.78, 5) is 4.68. The van der Waals surface area contributed by atoms with Crippen molar-refractivity contribution in [3.05, 3.63) is 58.9 Å². The van der Waals surface area contributed by atoms with E-state index in [9.17, 15) is 5.26 Å². The van der Waals surface area contributed by atoms with Gasteiger partial charge in [-0.15, -0.1) is 0 Å². The molecule has 0 bridgehead atoms. The first kappa shape index (κ1) is 17.1. The molecule has 0 saturated carbocycles. The zero-order valence-electron chi connectivity index (χ0n) is 15.8. The lowest BCUT2D eigenvalue weighted by Gasteiger charge is -2.12. The number of imidazole rings is 1. The third kappa shape index (κ3) is 3.02. The van der Waals surface area contributed by atoms with Crippen LogP contribution in [-0.4, -0.2) is 25.7 Å². The average Bonchev–Trinajstić information content (AvgIpc) is 3.18. The highest BCUT2D eigenvalue weighted by molar-refractivity contribution is 5.85. The fourth-order valence-electron chi connectivity index (χ4n) is 3.57. The Balaban J connectivity index is 1.63. The number of aromatic nitrogens is 4. The molecule has 0 unspecified atom stereocenters. The van der Waals surface area contributed by atoms with Crippen LogP contribution in [0.25, 0.3) is 16.7 Å². The van der Waals surface area contributed by atoms with Crippen LogP contribution in [0.3, 0.4) is 0 Å². The van der Waals surface area contributed by atoms with E-state index in [1.807, 2.05) is 53.3 Å². The Morgan fingerprint density at radius 3 is 2.70 bits per heavy atom. The summed E-state index contributed by atoms with van der Waals surface area (Å²) in [5.74, 6) is 0.962. The number of anilines is 1. The van der Waals surface area contributed by atoms with Crippen molar-refractivity contribution >= 4 is 22.5 Å². The molecule has 0 saturated heterocycles. The van der Waals surface area contributed by atoms with E-state index in [-0.39, 0.29) is 0 Å². The first-order valence-corrected chi connectivity index (χ1v) is 9.14. The Morgan fingerprint density at radius 2 is 1.96 bits per heavy atom. The van der Waals surface area contributed by atoms with Gasteiger partial charge in [0.2, 0.25) is 0 Å². The van der Waals surface area contributed by atoms with E-state index in [4.69, 9.17) is 0 Å². The maximum Gasteiger partial charge on any atom is 0.157 e. The first-order chi connectivity index (χ1) is 13.1. The normalized spacial score (nSPS) is 11.2. The van der Waals surface area contributed by atoms with Crippen LogP contribution in [0, 0.1) is 32.1 Å². The molecule has 3 heterocycles. The summed E-state index contributed by atoms with van der Waals surface area (Å²) in [6, 6.07) is 14.4. The summed E-state index contributed by atoms with van der Waals surface area (Å²) in [6.07, 6.45) is 0.954. The number of para-hydroxylation sites is 2. The van der Waals surface area contributed by atoms with E-state index in [0.29, 0.717) is 11.2 Å². The van der Waals surface area contributed by atoms with Crippen LogP contribution in [-0.2, 0) is 6.54 Å². The number of rotatable bonds is 5. The smallest absolute Gasteiger partial charge is 0.157 e. The molecule has 1 N–H and O–H groups in total. The van der Waals surface area contributed by atoms with Gasteiger partial charge in [0.1, 0.15) is 11.9 Å². The summed E-state index contributed by atoms with van der Waals surface area (Å²) in [6.45, 7) is 7.74. The molecule has 0 atom stereocenters. The highest BCUT2D eigenvalue weighted by Crippen LogP contribution is 2.26. The van der Waals surface area contributed by atoms with Crippen molar-refractivity contribution in [1.29, 1.82) is 5.26 Å². The minimum atomic E-state index is 0.624. The zero-order valence-corrected chi connectivity index (χ0v) is 15.8. The van der Waals surface area contributed by atoms with Gasteiger partial charge in [-0.2, -0.15) is 10.4 Å². The van der Waals surface area contributed by atoms with E-state index in [1.54, 1.807) is 0 Å². The molecule has 0 aliphatic heterocycles. The van der Waals surface area contributed by atoms with Crippen molar-refractivity contribution in [2.75, 3.05) is 11.9 Å². The van der Waals surface area contributed by atoms with E-state index in [0.717, 1.165) is 47.6 Å². The quantitative estimate of drug-likeness (QED) is 0.548. The van der Waals surface area contributed by atoms with Crippen molar-refractivity contribution in [3.8, 4) is 6.07 Å². The van der Waals surface area contributed by atoms with Crippen molar-refractivity contribution in [2.24, 2.45) is 0 Å². The Labute approximate surface area is 158 Å². The highest BCUT2D eigenvalue weighted by Gasteiger charge is 2.14. The minimum Gasteiger partial charge on any atom is -0.371 e. The topological polar surface area (TPSA) is 70.9 Å². The van der Waals surface area contributed by atoms with Crippen LogP contribution < -0.4 is 5.32 Å². The second-order valence-electron chi connectivity index (χ2n) is 6.89. The number of pyridine rings is 1. The molecule has 0 aliphatic rings. The molecule has 4 rings (SSSR count). The maximum absolute atomic E-state index is 9.57. The molecule has 3 aromatic heterocycles. The fourth-order valence-corrected chi connectivity index (χ4v) is 3.57. The van der Waals surface area contributed by atoms with Gasteiger partial charge in [0.05, 0.1) is 22.3 Å². The molecule has 0 aliphatic carbocycles. The molecule has 0 fully saturated rings. The van der Waals surface area contributed by atoms with Gasteiger partial charge < -0.3 is 5.32 Å². The summed E-state index contributed by atoms with van der Waals surface area (Å²) in [5.41, 5.74) is 6.40. The van der Waals surface area contributed by atoms with Crippen molar-refractivity contribution in [2.45, 2.75) is 33.7 Å². The second kappa shape index (κ2) is 6.76. The van der Waals surface area contributed by atoms with Gasteiger partial charge in [-0.1, -0.05) is 12.1 Å². The van der Waals surface area contributed by atoms with Gasteiger partial charge in [0, 0.05) is 18.8 Å². The van der Waals surface area contributed by atoms with E-state index >= 15 is 0 Å². The highest BCUT2D eigenvalue weighted by atomic mass is 15.3. The third-order valence-electron chi connectivity index (χ3n) is 4.84. The van der Waals surface area contributed by atoms with Gasteiger partial charge in [0.15, 0.2) is 5.65 Å². The Hall–Kier alpha value is -3.33. The molecular weight excluding hydrogens is 336 g/mol. The molecule has 1 aromatic carbocycles. The summed E-state index contributed by atoms with van der Waals surface area (Å²) < 4.78 is 4.09. The van der Waals surface area contributed by atoms with Gasteiger partial charge in [-0.25, -0.2) is 4.98 Å². The number of nitrogens with one attached hydrogen (secondary N) is 1. The molecule has 27 heavy (non-hydrogen) atoms. The average molecular weight is 358 g/mol. The monoisotopic (exact) mass is 358 g/mol. The number of benzene rings is 1. The predicted octanol–water partition coefficient (Wildman–Crippen LogP) is 3.98. The van der Waals surface area contributed by atoms with Crippen LogP contribution in [0.2, 0.25) is 0 Å². The van der Waals surface area contributed by atoms with E-state index < -0.39 is 0 Å². The van der Waals surface area contributed by atoms with Crippen LogP contribution in [0.1, 0.15) is 28.9 Å². The molecule has 0 radical (unpaired) electrons. The fraction of sp³-hybridized carbons (Fsp3) is 0.286. The molecule has 0 spiro atoms. The second-order valence-corrected chi connectivity index (χ2v) is 6.89. The SMILES string of the molecule is Cc1cc(C)n(CCCNc2cc(C)c(C#N)c3nc4ccccc4n23)n1. The standard InChI is InChI=1S/C21H22N6/c1-14-11-20(23-9-6-10-26-16(3)12-15(2)25-26)27-19-8-5-4-7-18(19)24-21(27)17(14)13-22/h4-5,7-8,11-12,23H,6,9-10H2,1-3H3. The van der Waals surface area contributed by atoms with Crippen molar-refractivity contribution in [1.82, 2.24) is 19.2 Å². The largest absolute Gasteiger partial charge is 0.371 e.